The van der Waals surface area contributed by atoms with E-state index in [2.05, 4.69) is 59.4 Å². The summed E-state index contributed by atoms with van der Waals surface area (Å²) in [5.41, 5.74) is 3.63. The number of thiophene rings is 1. The summed E-state index contributed by atoms with van der Waals surface area (Å²) in [6.07, 6.45) is 2.11. The van der Waals surface area contributed by atoms with E-state index >= 15 is 0 Å². The molecule has 4 nitrogen and oxygen atoms in total. The van der Waals surface area contributed by atoms with Crippen molar-refractivity contribution < 1.29 is 9.90 Å². The zero-order chi connectivity index (χ0) is 19.5. The Balaban J connectivity index is 1.55. The van der Waals surface area contributed by atoms with E-state index in [9.17, 15) is 9.90 Å². The van der Waals surface area contributed by atoms with Crippen molar-refractivity contribution in [1.82, 2.24) is 9.88 Å². The normalized spacial score (nSPS) is 12.3. The molecular formula is C23H22N2O2S. The highest BCUT2D eigenvalue weighted by Gasteiger charge is 2.13. The van der Waals surface area contributed by atoms with Gasteiger partial charge in [0.05, 0.1) is 5.52 Å². The minimum absolute atomic E-state index is 0.351. The van der Waals surface area contributed by atoms with Gasteiger partial charge in [0.1, 0.15) is 9.88 Å². The standard InChI is InChI=1S/C23H22N2O2S/c1-16(17-7-3-2-4-8-17)13-24-14-18-15-25(20-10-6-5-9-19(18)20)22-12-11-21(28-22)23(26)27/h2-12,15-16,24H,13-14H2,1H3,(H,26,27)/t16-/m1/s1. The maximum atomic E-state index is 11.2. The Labute approximate surface area is 168 Å². The summed E-state index contributed by atoms with van der Waals surface area (Å²) in [4.78, 5) is 11.6. The second-order valence-corrected chi connectivity index (χ2v) is 7.99. The van der Waals surface area contributed by atoms with Gasteiger partial charge in [-0.25, -0.2) is 4.79 Å². The van der Waals surface area contributed by atoms with Crippen LogP contribution in [-0.4, -0.2) is 22.2 Å². The number of aromatic nitrogens is 1. The molecule has 0 amide bonds. The molecule has 2 aromatic carbocycles. The van der Waals surface area contributed by atoms with Gasteiger partial charge in [0.15, 0.2) is 0 Å². The summed E-state index contributed by atoms with van der Waals surface area (Å²) in [5, 5.41) is 14.9. The molecule has 0 unspecified atom stereocenters. The monoisotopic (exact) mass is 390 g/mol. The average Bonchev–Trinajstić information content (AvgIpc) is 3.34. The third kappa shape index (κ3) is 3.72. The first-order valence-electron chi connectivity index (χ1n) is 9.31. The lowest BCUT2D eigenvalue weighted by Crippen LogP contribution is -2.19. The topological polar surface area (TPSA) is 54.3 Å². The Morgan fingerprint density at radius 3 is 2.57 bits per heavy atom. The van der Waals surface area contributed by atoms with E-state index in [0.717, 1.165) is 23.6 Å². The summed E-state index contributed by atoms with van der Waals surface area (Å²) in [7, 11) is 0. The molecule has 2 heterocycles. The average molecular weight is 391 g/mol. The van der Waals surface area contributed by atoms with Crippen LogP contribution in [0.25, 0.3) is 15.9 Å². The summed E-state index contributed by atoms with van der Waals surface area (Å²) < 4.78 is 2.09. The van der Waals surface area contributed by atoms with Gasteiger partial charge in [-0.15, -0.1) is 11.3 Å². The van der Waals surface area contributed by atoms with Gasteiger partial charge in [-0.05, 0) is 35.2 Å². The van der Waals surface area contributed by atoms with E-state index in [4.69, 9.17) is 0 Å². The summed E-state index contributed by atoms with van der Waals surface area (Å²) >= 11 is 1.29. The van der Waals surface area contributed by atoms with Crippen LogP contribution in [0.15, 0.2) is 72.9 Å². The molecule has 0 bridgehead atoms. The van der Waals surface area contributed by atoms with E-state index in [1.807, 2.05) is 24.3 Å². The van der Waals surface area contributed by atoms with Gasteiger partial charge in [0.2, 0.25) is 0 Å². The quantitative estimate of drug-likeness (QED) is 0.451. The molecule has 0 aliphatic rings. The highest BCUT2D eigenvalue weighted by atomic mass is 32.1. The van der Waals surface area contributed by atoms with Crippen LogP contribution < -0.4 is 5.32 Å². The molecule has 1 atom stereocenters. The van der Waals surface area contributed by atoms with Crippen molar-refractivity contribution in [3.63, 3.8) is 0 Å². The Bertz CT molecular complexity index is 1100. The van der Waals surface area contributed by atoms with Crippen LogP contribution in [0.5, 0.6) is 0 Å². The number of rotatable bonds is 7. The van der Waals surface area contributed by atoms with Gasteiger partial charge >= 0.3 is 5.97 Å². The van der Waals surface area contributed by atoms with Crippen molar-refractivity contribution >= 4 is 28.2 Å². The number of hydrogen-bond donors (Lipinski definition) is 2. The third-order valence-corrected chi connectivity index (χ3v) is 6.04. The molecular weight excluding hydrogens is 368 g/mol. The van der Waals surface area contributed by atoms with Crippen LogP contribution in [0.2, 0.25) is 0 Å². The number of carboxylic acid groups (broad SMARTS) is 1. The molecule has 4 rings (SSSR count). The molecule has 142 valence electrons. The Morgan fingerprint density at radius 1 is 1.07 bits per heavy atom. The molecule has 5 heteroatoms. The number of carboxylic acids is 1. The number of benzene rings is 2. The molecule has 0 aliphatic heterocycles. The highest BCUT2D eigenvalue weighted by molar-refractivity contribution is 7.16. The number of aromatic carboxylic acids is 1. The largest absolute Gasteiger partial charge is 0.477 e. The lowest BCUT2D eigenvalue weighted by molar-refractivity contribution is 0.0702. The van der Waals surface area contributed by atoms with E-state index in [-0.39, 0.29) is 0 Å². The second-order valence-electron chi connectivity index (χ2n) is 6.93. The molecule has 0 saturated heterocycles. The van der Waals surface area contributed by atoms with Gasteiger partial charge in [-0.3, -0.25) is 0 Å². The van der Waals surface area contributed by atoms with E-state index < -0.39 is 5.97 Å². The predicted octanol–water partition coefficient (Wildman–Crippen LogP) is 5.28. The number of para-hydroxylation sites is 1. The number of hydrogen-bond acceptors (Lipinski definition) is 3. The Kier molecular flexibility index (Phi) is 5.28. The zero-order valence-corrected chi connectivity index (χ0v) is 16.4. The molecule has 2 aromatic heterocycles. The molecule has 0 saturated carbocycles. The fraction of sp³-hybridized carbons (Fsp3) is 0.174. The Hall–Kier alpha value is -2.89. The summed E-state index contributed by atoms with van der Waals surface area (Å²) in [5.74, 6) is -0.450. The number of nitrogens with zero attached hydrogens (tertiary/aromatic N) is 1. The predicted molar refractivity (Wildman–Crippen MR) is 115 cm³/mol. The van der Waals surface area contributed by atoms with Crippen LogP contribution in [0.1, 0.15) is 33.6 Å². The van der Waals surface area contributed by atoms with Gasteiger partial charge in [-0.2, -0.15) is 0 Å². The number of nitrogens with one attached hydrogen (secondary N) is 1. The molecule has 2 N–H and O–H groups in total. The lowest BCUT2D eigenvalue weighted by atomic mass is 10.0. The number of fused-ring (bicyclic) bond motifs is 1. The lowest BCUT2D eigenvalue weighted by Gasteiger charge is -2.12. The zero-order valence-electron chi connectivity index (χ0n) is 15.6. The molecule has 0 fully saturated rings. The number of carbonyl (C=O) groups is 1. The van der Waals surface area contributed by atoms with Crippen LogP contribution in [0, 0.1) is 0 Å². The Morgan fingerprint density at radius 2 is 1.82 bits per heavy atom. The minimum Gasteiger partial charge on any atom is -0.477 e. The molecule has 0 spiro atoms. The van der Waals surface area contributed by atoms with Crippen LogP contribution in [0.4, 0.5) is 0 Å². The third-order valence-electron chi connectivity index (χ3n) is 4.97. The van der Waals surface area contributed by atoms with Crippen molar-refractivity contribution in [1.29, 1.82) is 0 Å². The molecule has 0 radical (unpaired) electrons. The molecule has 28 heavy (non-hydrogen) atoms. The van der Waals surface area contributed by atoms with E-state index in [1.54, 1.807) is 6.07 Å². The maximum Gasteiger partial charge on any atom is 0.345 e. The fourth-order valence-electron chi connectivity index (χ4n) is 3.47. The highest BCUT2D eigenvalue weighted by Crippen LogP contribution is 2.29. The van der Waals surface area contributed by atoms with Crippen molar-refractivity contribution in [3.8, 4) is 5.00 Å². The van der Waals surface area contributed by atoms with Gasteiger partial charge in [0, 0.05) is 24.7 Å². The molecule has 0 aliphatic carbocycles. The second kappa shape index (κ2) is 8.00. The van der Waals surface area contributed by atoms with Crippen LogP contribution >= 0.6 is 11.3 Å². The summed E-state index contributed by atoms with van der Waals surface area (Å²) in [6.45, 7) is 3.89. The molecule has 4 aromatic rings. The fourth-order valence-corrected chi connectivity index (χ4v) is 4.30. The van der Waals surface area contributed by atoms with Gasteiger partial charge < -0.3 is 15.0 Å². The van der Waals surface area contributed by atoms with Crippen molar-refractivity contribution in [3.05, 3.63) is 88.9 Å². The van der Waals surface area contributed by atoms with Crippen molar-refractivity contribution in [2.75, 3.05) is 6.54 Å². The summed E-state index contributed by atoms with van der Waals surface area (Å²) in [6, 6.07) is 22.3. The van der Waals surface area contributed by atoms with Gasteiger partial charge in [-0.1, -0.05) is 55.5 Å². The van der Waals surface area contributed by atoms with E-state index in [0.29, 0.717) is 10.8 Å². The van der Waals surface area contributed by atoms with Crippen LogP contribution in [-0.2, 0) is 6.54 Å². The smallest absolute Gasteiger partial charge is 0.345 e. The first kappa shape index (κ1) is 18.5. The van der Waals surface area contributed by atoms with Crippen molar-refractivity contribution in [2.24, 2.45) is 0 Å². The minimum atomic E-state index is -0.885. The van der Waals surface area contributed by atoms with Crippen molar-refractivity contribution in [2.45, 2.75) is 19.4 Å². The first-order valence-corrected chi connectivity index (χ1v) is 10.1. The first-order chi connectivity index (χ1) is 13.6. The maximum absolute atomic E-state index is 11.2. The van der Waals surface area contributed by atoms with E-state index in [1.165, 1.54) is 27.8 Å². The SMILES string of the molecule is C[C@H](CNCc1cn(-c2ccc(C(=O)O)s2)c2ccccc12)c1ccccc1. The van der Waals surface area contributed by atoms with Crippen LogP contribution in [0.3, 0.4) is 0 Å². The van der Waals surface area contributed by atoms with Gasteiger partial charge in [0.25, 0.3) is 0 Å².